The Labute approximate surface area is 110 Å². The fraction of sp³-hybridized carbons (Fsp3) is 0.625. The molecule has 18 heavy (non-hydrogen) atoms. The summed E-state index contributed by atoms with van der Waals surface area (Å²) < 4.78 is 13.2. The topological polar surface area (TPSA) is 12.0 Å². The zero-order chi connectivity index (χ0) is 13.3. The standard InChI is InChI=1S/C16H24FN/c1-11-7-14(10-16(3,4)9-11)18-13-5-6-15(17)12(2)8-13/h5-6,8,11,14,18H,7,9-10H2,1-4H3. The fourth-order valence-electron chi connectivity index (χ4n) is 3.43. The maximum atomic E-state index is 13.2. The van der Waals surface area contributed by atoms with Gasteiger partial charge >= 0.3 is 0 Å². The number of rotatable bonds is 2. The maximum absolute atomic E-state index is 13.2. The minimum absolute atomic E-state index is 0.127. The van der Waals surface area contributed by atoms with Crippen LogP contribution < -0.4 is 5.32 Å². The molecular formula is C16H24FN. The molecule has 0 aliphatic heterocycles. The number of halogens is 1. The van der Waals surface area contributed by atoms with Gasteiger partial charge in [0.25, 0.3) is 0 Å². The van der Waals surface area contributed by atoms with Crippen molar-refractivity contribution in [3.05, 3.63) is 29.6 Å². The highest BCUT2D eigenvalue weighted by Crippen LogP contribution is 2.39. The molecule has 0 spiro atoms. The van der Waals surface area contributed by atoms with Crippen LogP contribution in [0.4, 0.5) is 10.1 Å². The number of hydrogen-bond donors (Lipinski definition) is 1. The number of hydrogen-bond acceptors (Lipinski definition) is 1. The second kappa shape index (κ2) is 4.91. The highest BCUT2D eigenvalue weighted by Gasteiger charge is 2.31. The molecule has 0 amide bonds. The van der Waals surface area contributed by atoms with Crippen LogP contribution in [-0.2, 0) is 0 Å². The zero-order valence-electron chi connectivity index (χ0n) is 11.9. The van der Waals surface area contributed by atoms with Gasteiger partial charge in [-0.1, -0.05) is 20.8 Å². The molecule has 2 unspecified atom stereocenters. The van der Waals surface area contributed by atoms with E-state index in [1.54, 1.807) is 6.07 Å². The van der Waals surface area contributed by atoms with Crippen LogP contribution >= 0.6 is 0 Å². The lowest BCUT2D eigenvalue weighted by molar-refractivity contribution is 0.178. The molecule has 1 aromatic rings. The summed E-state index contributed by atoms with van der Waals surface area (Å²) in [6.45, 7) is 8.82. The highest BCUT2D eigenvalue weighted by atomic mass is 19.1. The normalized spacial score (nSPS) is 26.9. The third-order valence-electron chi connectivity index (χ3n) is 3.92. The molecule has 1 fully saturated rings. The molecule has 2 atom stereocenters. The lowest BCUT2D eigenvalue weighted by Crippen LogP contribution is -2.35. The van der Waals surface area contributed by atoms with E-state index >= 15 is 0 Å². The van der Waals surface area contributed by atoms with Crippen LogP contribution in [0.15, 0.2) is 18.2 Å². The van der Waals surface area contributed by atoms with Crippen molar-refractivity contribution in [2.24, 2.45) is 11.3 Å². The van der Waals surface area contributed by atoms with Crippen molar-refractivity contribution < 1.29 is 4.39 Å². The summed E-state index contributed by atoms with van der Waals surface area (Å²) >= 11 is 0. The Hall–Kier alpha value is -1.05. The summed E-state index contributed by atoms with van der Waals surface area (Å²) in [6, 6.07) is 5.80. The molecule has 0 heterocycles. The largest absolute Gasteiger partial charge is 0.382 e. The van der Waals surface area contributed by atoms with Crippen LogP contribution in [0.5, 0.6) is 0 Å². The Kier molecular flexibility index (Phi) is 3.65. The van der Waals surface area contributed by atoms with E-state index in [9.17, 15) is 4.39 Å². The van der Waals surface area contributed by atoms with Crippen molar-refractivity contribution in [1.82, 2.24) is 0 Å². The van der Waals surface area contributed by atoms with Gasteiger partial charge in [-0.25, -0.2) is 4.39 Å². The van der Waals surface area contributed by atoms with Gasteiger partial charge in [0.05, 0.1) is 0 Å². The van der Waals surface area contributed by atoms with Gasteiger partial charge in [-0.05, 0) is 61.3 Å². The van der Waals surface area contributed by atoms with Crippen LogP contribution in [0, 0.1) is 24.1 Å². The third kappa shape index (κ3) is 3.24. The number of benzene rings is 1. The van der Waals surface area contributed by atoms with Crippen molar-refractivity contribution in [3.63, 3.8) is 0 Å². The monoisotopic (exact) mass is 249 g/mol. The Morgan fingerprint density at radius 1 is 1.28 bits per heavy atom. The van der Waals surface area contributed by atoms with Crippen molar-refractivity contribution in [2.45, 2.75) is 53.0 Å². The molecule has 0 aromatic heterocycles. The lowest BCUT2D eigenvalue weighted by atomic mass is 9.70. The number of aryl methyl sites for hydroxylation is 1. The molecule has 1 saturated carbocycles. The number of nitrogens with one attached hydrogen (secondary N) is 1. The molecule has 1 aliphatic rings. The molecule has 0 saturated heterocycles. The molecule has 1 aromatic carbocycles. The van der Waals surface area contributed by atoms with Gasteiger partial charge in [0.15, 0.2) is 0 Å². The van der Waals surface area contributed by atoms with Crippen LogP contribution in [0.2, 0.25) is 0 Å². The quantitative estimate of drug-likeness (QED) is 0.796. The fourth-order valence-corrected chi connectivity index (χ4v) is 3.43. The van der Waals surface area contributed by atoms with Gasteiger partial charge in [0, 0.05) is 11.7 Å². The van der Waals surface area contributed by atoms with E-state index in [1.807, 2.05) is 19.1 Å². The molecule has 2 rings (SSSR count). The van der Waals surface area contributed by atoms with Crippen molar-refractivity contribution in [2.75, 3.05) is 5.32 Å². The summed E-state index contributed by atoms with van der Waals surface area (Å²) in [7, 11) is 0. The van der Waals surface area contributed by atoms with Gasteiger partial charge < -0.3 is 5.32 Å². The van der Waals surface area contributed by atoms with E-state index < -0.39 is 0 Å². The minimum atomic E-state index is -0.127. The maximum Gasteiger partial charge on any atom is 0.126 e. The second-order valence-electron chi connectivity index (χ2n) is 6.72. The van der Waals surface area contributed by atoms with E-state index in [0.29, 0.717) is 17.0 Å². The highest BCUT2D eigenvalue weighted by molar-refractivity contribution is 5.46. The van der Waals surface area contributed by atoms with Gasteiger partial charge in [0.1, 0.15) is 5.82 Å². The third-order valence-corrected chi connectivity index (χ3v) is 3.92. The first-order valence-corrected chi connectivity index (χ1v) is 6.88. The molecular weight excluding hydrogens is 225 g/mol. The Balaban J connectivity index is 2.06. The average Bonchev–Trinajstić information content (AvgIpc) is 2.20. The van der Waals surface area contributed by atoms with Crippen LogP contribution in [-0.4, -0.2) is 6.04 Å². The van der Waals surface area contributed by atoms with Gasteiger partial charge in [-0.3, -0.25) is 0 Å². The summed E-state index contributed by atoms with van der Waals surface area (Å²) in [5.74, 6) is 0.630. The number of anilines is 1. The summed E-state index contributed by atoms with van der Waals surface area (Å²) in [6.07, 6.45) is 3.70. The van der Waals surface area contributed by atoms with E-state index in [1.165, 1.54) is 19.3 Å². The SMILES string of the molecule is Cc1cc(NC2CC(C)CC(C)(C)C2)ccc1F. The molecule has 2 heteroatoms. The average molecular weight is 249 g/mol. The Morgan fingerprint density at radius 3 is 2.61 bits per heavy atom. The van der Waals surface area contributed by atoms with Gasteiger partial charge in [-0.2, -0.15) is 0 Å². The van der Waals surface area contributed by atoms with E-state index in [-0.39, 0.29) is 5.82 Å². The van der Waals surface area contributed by atoms with Crippen molar-refractivity contribution in [3.8, 4) is 0 Å². The molecule has 0 radical (unpaired) electrons. The van der Waals surface area contributed by atoms with Crippen LogP contribution in [0.1, 0.15) is 45.6 Å². The predicted molar refractivity (Wildman–Crippen MR) is 75.3 cm³/mol. The first kappa shape index (κ1) is 13.4. The van der Waals surface area contributed by atoms with Crippen LogP contribution in [0.25, 0.3) is 0 Å². The van der Waals surface area contributed by atoms with E-state index in [2.05, 4.69) is 26.1 Å². The molecule has 1 N–H and O–H groups in total. The van der Waals surface area contributed by atoms with Gasteiger partial charge in [-0.15, -0.1) is 0 Å². The minimum Gasteiger partial charge on any atom is -0.382 e. The van der Waals surface area contributed by atoms with Crippen molar-refractivity contribution in [1.29, 1.82) is 0 Å². The molecule has 1 nitrogen and oxygen atoms in total. The van der Waals surface area contributed by atoms with Crippen LogP contribution in [0.3, 0.4) is 0 Å². The zero-order valence-corrected chi connectivity index (χ0v) is 11.9. The first-order valence-electron chi connectivity index (χ1n) is 6.88. The second-order valence-corrected chi connectivity index (χ2v) is 6.72. The van der Waals surface area contributed by atoms with Gasteiger partial charge in [0.2, 0.25) is 0 Å². The van der Waals surface area contributed by atoms with E-state index in [4.69, 9.17) is 0 Å². The summed E-state index contributed by atoms with van der Waals surface area (Å²) in [5.41, 5.74) is 2.16. The van der Waals surface area contributed by atoms with E-state index in [0.717, 1.165) is 11.6 Å². The molecule has 100 valence electrons. The predicted octanol–water partition coefficient (Wildman–Crippen LogP) is 4.76. The first-order chi connectivity index (χ1) is 8.35. The lowest BCUT2D eigenvalue weighted by Gasteiger charge is -2.39. The Bertz CT molecular complexity index is 425. The molecule has 1 aliphatic carbocycles. The smallest absolute Gasteiger partial charge is 0.126 e. The summed E-state index contributed by atoms with van der Waals surface area (Å²) in [4.78, 5) is 0. The Morgan fingerprint density at radius 2 is 2.00 bits per heavy atom. The summed E-state index contributed by atoms with van der Waals surface area (Å²) in [5, 5.41) is 3.57. The molecule has 0 bridgehead atoms. The van der Waals surface area contributed by atoms with Crippen molar-refractivity contribution >= 4 is 5.69 Å².